The smallest absolute Gasteiger partial charge is 0.422 e. The summed E-state index contributed by atoms with van der Waals surface area (Å²) in [6.07, 6.45) is -1.44. The average Bonchev–Trinajstić information content (AvgIpc) is 3.08. The third-order valence-corrected chi connectivity index (χ3v) is 3.27. The van der Waals surface area contributed by atoms with E-state index in [1.165, 1.54) is 16.9 Å². The van der Waals surface area contributed by atoms with Crippen molar-refractivity contribution in [3.05, 3.63) is 66.2 Å². The Hall–Kier alpha value is -3.10. The summed E-state index contributed by atoms with van der Waals surface area (Å²) >= 11 is 0. The number of ether oxygens (including phenoxy) is 2. The minimum Gasteiger partial charge on any atom is -0.484 e. The van der Waals surface area contributed by atoms with Crippen LogP contribution in [0.4, 0.5) is 17.6 Å². The van der Waals surface area contributed by atoms with Gasteiger partial charge >= 0.3 is 6.18 Å². The molecule has 9 heteroatoms. The van der Waals surface area contributed by atoms with E-state index >= 15 is 0 Å². The molecule has 136 valence electrons. The Morgan fingerprint density at radius 3 is 2.58 bits per heavy atom. The van der Waals surface area contributed by atoms with Gasteiger partial charge in [0.1, 0.15) is 18.2 Å². The standard InChI is InChI=1S/C17H13F4N3O2/c18-13-5-4-12(14(9-13)26-11-17(19,20)21)10-25-16-6-8-23-24(16)15-3-1-2-7-22-15/h1-9H,10-11H2. The lowest BCUT2D eigenvalue weighted by molar-refractivity contribution is -0.153. The van der Waals surface area contributed by atoms with Gasteiger partial charge < -0.3 is 9.47 Å². The lowest BCUT2D eigenvalue weighted by Gasteiger charge is -2.14. The predicted octanol–water partition coefficient (Wildman–Crippen LogP) is 3.93. The second kappa shape index (κ2) is 7.42. The molecule has 0 amide bonds. The molecule has 3 rings (SSSR count). The first-order chi connectivity index (χ1) is 12.4. The molecule has 1 aromatic carbocycles. The van der Waals surface area contributed by atoms with E-state index in [2.05, 4.69) is 14.8 Å². The van der Waals surface area contributed by atoms with Gasteiger partial charge in [0.25, 0.3) is 0 Å². The van der Waals surface area contributed by atoms with E-state index in [0.29, 0.717) is 11.7 Å². The van der Waals surface area contributed by atoms with Crippen LogP contribution in [0, 0.1) is 5.82 Å². The number of halogens is 4. The Morgan fingerprint density at radius 2 is 1.85 bits per heavy atom. The molecule has 0 bridgehead atoms. The zero-order chi connectivity index (χ0) is 18.6. The topological polar surface area (TPSA) is 49.2 Å². The molecule has 2 heterocycles. The molecule has 0 spiro atoms. The first-order valence-electron chi connectivity index (χ1n) is 7.48. The maximum Gasteiger partial charge on any atom is 0.422 e. The van der Waals surface area contributed by atoms with E-state index in [0.717, 1.165) is 12.1 Å². The van der Waals surface area contributed by atoms with Gasteiger partial charge in [-0.15, -0.1) is 0 Å². The fourth-order valence-corrected chi connectivity index (χ4v) is 2.14. The van der Waals surface area contributed by atoms with Crippen molar-refractivity contribution < 1.29 is 27.0 Å². The van der Waals surface area contributed by atoms with E-state index in [-0.39, 0.29) is 17.9 Å². The van der Waals surface area contributed by atoms with Crippen molar-refractivity contribution in [1.29, 1.82) is 0 Å². The number of alkyl halides is 3. The zero-order valence-corrected chi connectivity index (χ0v) is 13.3. The number of rotatable bonds is 6. The van der Waals surface area contributed by atoms with Crippen molar-refractivity contribution in [1.82, 2.24) is 14.8 Å². The van der Waals surface area contributed by atoms with Crippen LogP contribution in [0.15, 0.2) is 54.9 Å². The van der Waals surface area contributed by atoms with Gasteiger partial charge in [0.2, 0.25) is 5.88 Å². The van der Waals surface area contributed by atoms with Gasteiger partial charge in [-0.05, 0) is 24.3 Å². The van der Waals surface area contributed by atoms with Crippen LogP contribution < -0.4 is 9.47 Å². The predicted molar refractivity (Wildman–Crippen MR) is 83.6 cm³/mol. The molecule has 0 fully saturated rings. The molecule has 0 aliphatic carbocycles. The van der Waals surface area contributed by atoms with Crippen LogP contribution in [0.3, 0.4) is 0 Å². The van der Waals surface area contributed by atoms with Crippen molar-refractivity contribution in [2.24, 2.45) is 0 Å². The number of pyridine rings is 1. The summed E-state index contributed by atoms with van der Waals surface area (Å²) in [6, 6.07) is 10.1. The van der Waals surface area contributed by atoms with Gasteiger partial charge in [-0.2, -0.15) is 23.0 Å². The number of hydrogen-bond donors (Lipinski definition) is 0. The highest BCUT2D eigenvalue weighted by Gasteiger charge is 2.29. The number of nitrogens with zero attached hydrogens (tertiary/aromatic N) is 3. The van der Waals surface area contributed by atoms with Crippen LogP contribution in [0.1, 0.15) is 5.56 Å². The third-order valence-electron chi connectivity index (χ3n) is 3.27. The molecule has 26 heavy (non-hydrogen) atoms. The number of aromatic nitrogens is 3. The van der Waals surface area contributed by atoms with E-state index < -0.39 is 18.6 Å². The van der Waals surface area contributed by atoms with Gasteiger partial charge in [-0.1, -0.05) is 6.07 Å². The van der Waals surface area contributed by atoms with Crippen LogP contribution in [-0.4, -0.2) is 27.5 Å². The van der Waals surface area contributed by atoms with Gasteiger partial charge in [0, 0.05) is 23.9 Å². The fourth-order valence-electron chi connectivity index (χ4n) is 2.14. The Morgan fingerprint density at radius 1 is 1.00 bits per heavy atom. The molecular formula is C17H13F4N3O2. The largest absolute Gasteiger partial charge is 0.484 e. The molecule has 0 unspecified atom stereocenters. The van der Waals surface area contributed by atoms with Crippen LogP contribution in [0.2, 0.25) is 0 Å². The first-order valence-corrected chi connectivity index (χ1v) is 7.48. The molecule has 0 saturated heterocycles. The Balaban J connectivity index is 1.76. The first kappa shape index (κ1) is 17.7. The highest BCUT2D eigenvalue weighted by atomic mass is 19.4. The zero-order valence-electron chi connectivity index (χ0n) is 13.3. The molecule has 0 aliphatic heterocycles. The van der Waals surface area contributed by atoms with Crippen molar-refractivity contribution in [3.8, 4) is 17.4 Å². The maximum atomic E-state index is 13.3. The van der Waals surface area contributed by atoms with Gasteiger partial charge in [-0.3, -0.25) is 0 Å². The van der Waals surface area contributed by atoms with Crippen molar-refractivity contribution in [2.75, 3.05) is 6.61 Å². The van der Waals surface area contributed by atoms with E-state index in [1.807, 2.05) is 0 Å². The lowest BCUT2D eigenvalue weighted by Crippen LogP contribution is -2.20. The molecule has 0 aliphatic rings. The summed E-state index contributed by atoms with van der Waals surface area (Å²) in [6.45, 7) is -1.65. The highest BCUT2D eigenvalue weighted by Crippen LogP contribution is 2.25. The minimum absolute atomic E-state index is 0.133. The molecule has 0 saturated carbocycles. The Bertz CT molecular complexity index is 866. The second-order valence-corrected chi connectivity index (χ2v) is 5.21. The summed E-state index contributed by atoms with van der Waals surface area (Å²) in [5, 5.41) is 4.09. The summed E-state index contributed by atoms with van der Waals surface area (Å²) in [5.74, 6) is -0.0920. The van der Waals surface area contributed by atoms with Crippen molar-refractivity contribution >= 4 is 0 Å². The molecule has 0 atom stereocenters. The summed E-state index contributed by atoms with van der Waals surface area (Å²) in [4.78, 5) is 4.14. The van der Waals surface area contributed by atoms with Gasteiger partial charge in [-0.25, -0.2) is 9.37 Å². The average molecular weight is 367 g/mol. The van der Waals surface area contributed by atoms with Crippen LogP contribution >= 0.6 is 0 Å². The third kappa shape index (κ3) is 4.50. The Kier molecular flexibility index (Phi) is 5.06. The number of hydrogen-bond acceptors (Lipinski definition) is 4. The molecule has 2 aromatic heterocycles. The monoisotopic (exact) mass is 367 g/mol. The molecule has 5 nitrogen and oxygen atoms in total. The summed E-state index contributed by atoms with van der Waals surface area (Å²) in [5.41, 5.74) is 0.268. The molecule has 0 radical (unpaired) electrons. The fraction of sp³-hybridized carbons (Fsp3) is 0.176. The van der Waals surface area contributed by atoms with Crippen molar-refractivity contribution in [2.45, 2.75) is 12.8 Å². The second-order valence-electron chi connectivity index (χ2n) is 5.21. The van der Waals surface area contributed by atoms with Gasteiger partial charge in [0.05, 0.1) is 6.20 Å². The van der Waals surface area contributed by atoms with E-state index in [1.54, 1.807) is 30.5 Å². The molecule has 0 N–H and O–H groups in total. The quantitative estimate of drug-likeness (QED) is 0.620. The summed E-state index contributed by atoms with van der Waals surface area (Å²) in [7, 11) is 0. The van der Waals surface area contributed by atoms with E-state index in [9.17, 15) is 17.6 Å². The van der Waals surface area contributed by atoms with Crippen LogP contribution in [0.5, 0.6) is 11.6 Å². The lowest BCUT2D eigenvalue weighted by atomic mass is 10.2. The maximum absolute atomic E-state index is 13.3. The molecule has 3 aromatic rings. The van der Waals surface area contributed by atoms with E-state index in [4.69, 9.17) is 4.74 Å². The number of benzene rings is 1. The normalized spacial score (nSPS) is 11.4. The summed E-state index contributed by atoms with van der Waals surface area (Å²) < 4.78 is 62.1. The SMILES string of the molecule is Fc1ccc(COc2ccnn2-c2ccccn2)c(OCC(F)(F)F)c1. The minimum atomic E-state index is -4.53. The van der Waals surface area contributed by atoms with Crippen LogP contribution in [-0.2, 0) is 6.61 Å². The van der Waals surface area contributed by atoms with Crippen molar-refractivity contribution in [3.63, 3.8) is 0 Å². The van der Waals surface area contributed by atoms with Crippen LogP contribution in [0.25, 0.3) is 5.82 Å². The Labute approximate surface area is 145 Å². The highest BCUT2D eigenvalue weighted by molar-refractivity contribution is 5.34. The molecular weight excluding hydrogens is 354 g/mol. The van der Waals surface area contributed by atoms with Gasteiger partial charge in [0.15, 0.2) is 12.4 Å².